The van der Waals surface area contributed by atoms with Crippen molar-refractivity contribution in [3.05, 3.63) is 0 Å². The lowest BCUT2D eigenvalue weighted by Crippen LogP contribution is -2.52. The molecule has 0 bridgehead atoms. The van der Waals surface area contributed by atoms with Crippen molar-refractivity contribution in [2.75, 3.05) is 0 Å². The maximum absolute atomic E-state index is 11.2. The molecule has 13 heavy (non-hydrogen) atoms. The average molecular weight is 206 g/mol. The number of carbonyl (C=O) groups is 2. The predicted octanol–water partition coefficient (Wildman–Crippen LogP) is -0.220. The highest BCUT2D eigenvalue weighted by Crippen LogP contribution is 2.31. The predicted molar refractivity (Wildman–Crippen MR) is 50.5 cm³/mol. The fourth-order valence-corrected chi connectivity index (χ4v) is 1.98. The van der Waals surface area contributed by atoms with E-state index in [2.05, 4.69) is 12.6 Å². The second-order valence-electron chi connectivity index (χ2n) is 3.08. The molecule has 0 amide bonds. The third-order valence-electron chi connectivity index (χ3n) is 2.25. The summed E-state index contributed by atoms with van der Waals surface area (Å²) >= 11 is 3.52. The van der Waals surface area contributed by atoms with E-state index in [4.69, 9.17) is 0 Å². The molecule has 0 aromatic heterocycles. The Morgan fingerprint density at radius 1 is 1.23 bits per heavy atom. The Kier molecular flexibility index (Phi) is 4.09. The first-order valence-corrected chi connectivity index (χ1v) is 4.33. The topological polar surface area (TPSA) is 74.6 Å². The monoisotopic (exact) mass is 206 g/mol. The van der Waals surface area contributed by atoms with Gasteiger partial charge in [0, 0.05) is 0 Å². The standard InChI is InChI=1S/C8H14O4S/c1-4(9)8(5(2)10,6(3)11)7(12)13/h4-5,9-10H,1-3H3,(H,12,13). The minimum atomic E-state index is -1.80. The molecule has 0 rings (SSSR count). The number of carbonyl (C=O) groups excluding carboxylic acids is 2. The Bertz CT molecular complexity index is 198. The molecule has 0 aliphatic rings. The number of aliphatic hydroxyl groups excluding tert-OH is 2. The van der Waals surface area contributed by atoms with Crippen LogP contribution in [0.15, 0.2) is 0 Å². The normalized spacial score (nSPS) is 20.2. The lowest BCUT2D eigenvalue weighted by atomic mass is 9.76. The molecule has 0 spiro atoms. The number of ketones is 1. The van der Waals surface area contributed by atoms with Crippen LogP contribution < -0.4 is 0 Å². The summed E-state index contributed by atoms with van der Waals surface area (Å²) in [6.45, 7) is 3.71. The molecule has 2 atom stereocenters. The van der Waals surface area contributed by atoms with Crippen LogP contribution >= 0.6 is 12.6 Å². The molecule has 0 saturated heterocycles. The van der Waals surface area contributed by atoms with E-state index >= 15 is 0 Å². The highest BCUT2D eigenvalue weighted by molar-refractivity contribution is 7.96. The van der Waals surface area contributed by atoms with Gasteiger partial charge in [0.05, 0.1) is 12.2 Å². The Labute approximate surface area is 82.4 Å². The van der Waals surface area contributed by atoms with Gasteiger partial charge in [0.15, 0.2) is 0 Å². The van der Waals surface area contributed by atoms with Gasteiger partial charge in [0.25, 0.3) is 0 Å². The first-order valence-electron chi connectivity index (χ1n) is 3.88. The number of aliphatic hydroxyl groups is 2. The summed E-state index contributed by atoms with van der Waals surface area (Å²) < 4.78 is 0. The summed E-state index contributed by atoms with van der Waals surface area (Å²) in [6.07, 6.45) is -2.51. The fraction of sp³-hybridized carbons (Fsp3) is 0.750. The van der Waals surface area contributed by atoms with E-state index < -0.39 is 28.5 Å². The van der Waals surface area contributed by atoms with E-state index in [-0.39, 0.29) is 0 Å². The molecule has 0 radical (unpaired) electrons. The van der Waals surface area contributed by atoms with Crippen molar-refractivity contribution in [3.63, 3.8) is 0 Å². The summed E-state index contributed by atoms with van der Waals surface area (Å²) in [5.74, 6) is -0.586. The summed E-state index contributed by atoms with van der Waals surface area (Å²) in [7, 11) is 0. The SMILES string of the molecule is CC(=O)C(C(=O)S)(C(C)O)C(C)O. The van der Waals surface area contributed by atoms with Gasteiger partial charge in [-0.2, -0.15) is 0 Å². The van der Waals surface area contributed by atoms with Gasteiger partial charge in [-0.25, -0.2) is 0 Å². The van der Waals surface area contributed by atoms with Crippen LogP contribution in [-0.2, 0) is 9.59 Å². The molecule has 76 valence electrons. The zero-order valence-corrected chi connectivity index (χ0v) is 8.71. The van der Waals surface area contributed by atoms with Gasteiger partial charge in [-0.1, -0.05) is 0 Å². The van der Waals surface area contributed by atoms with Crippen molar-refractivity contribution in [2.24, 2.45) is 5.41 Å². The minimum Gasteiger partial charge on any atom is -0.392 e. The van der Waals surface area contributed by atoms with Crippen molar-refractivity contribution in [1.29, 1.82) is 0 Å². The molecular weight excluding hydrogens is 192 g/mol. The van der Waals surface area contributed by atoms with Crippen molar-refractivity contribution < 1.29 is 19.8 Å². The summed E-state index contributed by atoms with van der Waals surface area (Å²) in [6, 6.07) is 0. The van der Waals surface area contributed by atoms with Crippen LogP contribution in [0.3, 0.4) is 0 Å². The van der Waals surface area contributed by atoms with E-state index in [0.29, 0.717) is 0 Å². The van der Waals surface area contributed by atoms with Crippen LogP contribution in [-0.4, -0.2) is 33.3 Å². The van der Waals surface area contributed by atoms with Gasteiger partial charge in [0.2, 0.25) is 5.12 Å². The molecule has 0 saturated carbocycles. The summed E-state index contributed by atoms with van der Waals surface area (Å²) in [4.78, 5) is 22.3. The van der Waals surface area contributed by atoms with E-state index in [1.165, 1.54) is 13.8 Å². The molecule has 0 fully saturated rings. The van der Waals surface area contributed by atoms with Gasteiger partial charge in [-0.05, 0) is 20.8 Å². The van der Waals surface area contributed by atoms with Gasteiger partial charge in [0.1, 0.15) is 11.2 Å². The Balaban J connectivity index is 5.32. The molecule has 4 nitrogen and oxygen atoms in total. The van der Waals surface area contributed by atoms with Crippen LogP contribution in [0, 0.1) is 5.41 Å². The largest absolute Gasteiger partial charge is 0.392 e. The average Bonchev–Trinajstić information content (AvgIpc) is 1.82. The zero-order valence-electron chi connectivity index (χ0n) is 7.81. The van der Waals surface area contributed by atoms with Crippen LogP contribution in [0.2, 0.25) is 0 Å². The van der Waals surface area contributed by atoms with E-state index in [9.17, 15) is 19.8 Å². The van der Waals surface area contributed by atoms with E-state index in [1.54, 1.807) is 0 Å². The zero-order chi connectivity index (χ0) is 10.8. The molecule has 0 aliphatic heterocycles. The smallest absolute Gasteiger partial charge is 0.204 e. The van der Waals surface area contributed by atoms with Crippen LogP contribution in [0.5, 0.6) is 0 Å². The molecule has 0 heterocycles. The first-order chi connectivity index (χ1) is 5.77. The molecule has 0 aliphatic carbocycles. The molecule has 5 heteroatoms. The third kappa shape index (κ3) is 1.92. The third-order valence-corrected chi connectivity index (χ3v) is 2.62. The lowest BCUT2D eigenvalue weighted by molar-refractivity contribution is -0.151. The highest BCUT2D eigenvalue weighted by atomic mass is 32.1. The van der Waals surface area contributed by atoms with Gasteiger partial charge in [-0.3, -0.25) is 9.59 Å². The number of rotatable bonds is 4. The van der Waals surface area contributed by atoms with Crippen LogP contribution in [0.25, 0.3) is 0 Å². The maximum atomic E-state index is 11.2. The Morgan fingerprint density at radius 3 is 1.54 bits per heavy atom. The number of hydrogen-bond acceptors (Lipinski definition) is 4. The minimum absolute atomic E-state index is 0.586. The van der Waals surface area contributed by atoms with Gasteiger partial charge >= 0.3 is 0 Å². The lowest BCUT2D eigenvalue weighted by Gasteiger charge is -2.33. The van der Waals surface area contributed by atoms with Crippen LogP contribution in [0.4, 0.5) is 0 Å². The second-order valence-corrected chi connectivity index (χ2v) is 3.49. The molecule has 0 aromatic carbocycles. The molecular formula is C8H14O4S. The highest BCUT2D eigenvalue weighted by Gasteiger charge is 2.50. The summed E-state index contributed by atoms with van der Waals surface area (Å²) in [5, 5.41) is 17.8. The maximum Gasteiger partial charge on any atom is 0.204 e. The molecule has 2 N–H and O–H groups in total. The van der Waals surface area contributed by atoms with Gasteiger partial charge in [-0.15, -0.1) is 12.6 Å². The molecule has 2 unspecified atom stereocenters. The van der Waals surface area contributed by atoms with E-state index in [0.717, 1.165) is 6.92 Å². The van der Waals surface area contributed by atoms with Crippen molar-refractivity contribution in [2.45, 2.75) is 33.0 Å². The Morgan fingerprint density at radius 2 is 1.54 bits per heavy atom. The molecule has 0 aromatic rings. The number of hydrogen-bond donors (Lipinski definition) is 3. The van der Waals surface area contributed by atoms with Crippen molar-refractivity contribution >= 4 is 23.5 Å². The second kappa shape index (κ2) is 4.21. The summed E-state index contributed by atoms with van der Waals surface area (Å²) in [5.41, 5.74) is -1.80. The van der Waals surface area contributed by atoms with Crippen molar-refractivity contribution in [1.82, 2.24) is 0 Å². The van der Waals surface area contributed by atoms with Gasteiger partial charge < -0.3 is 10.2 Å². The van der Waals surface area contributed by atoms with E-state index in [1.807, 2.05) is 0 Å². The number of thiol groups is 1. The Hall–Kier alpha value is -0.390. The first kappa shape index (κ1) is 12.6. The van der Waals surface area contributed by atoms with Crippen molar-refractivity contribution in [3.8, 4) is 0 Å². The quantitative estimate of drug-likeness (QED) is 0.439. The number of Topliss-reactive ketones (excluding diaryl/α,β-unsaturated/α-hetero) is 1. The fourth-order valence-electron chi connectivity index (χ4n) is 1.45. The van der Waals surface area contributed by atoms with Crippen LogP contribution in [0.1, 0.15) is 20.8 Å².